The van der Waals surface area contributed by atoms with Gasteiger partial charge in [-0.1, -0.05) is 65.5 Å². The molecule has 4 aliphatic rings. The van der Waals surface area contributed by atoms with Crippen LogP contribution in [-0.4, -0.2) is 11.2 Å². The largest absolute Gasteiger partial charge is 0.393 e. The van der Waals surface area contributed by atoms with Gasteiger partial charge in [0.25, 0.3) is 0 Å². The summed E-state index contributed by atoms with van der Waals surface area (Å²) in [5, 5.41) is 10.2. The van der Waals surface area contributed by atoms with Crippen LogP contribution in [0.4, 0.5) is 0 Å². The SMILES string of the molecule is CC(C)CCC[C@H](C)[C@@H]1CC[C@@H]2C3=CC[C@@H]4C[C@H](O)CC[C@]4(C)[C@H]3CC[C@@]21C. The van der Waals surface area contributed by atoms with Crippen LogP contribution in [0.2, 0.25) is 0 Å². The molecule has 0 bridgehead atoms. The molecular weight excluding hydrogens is 340 g/mol. The van der Waals surface area contributed by atoms with Gasteiger partial charge in [0.15, 0.2) is 0 Å². The van der Waals surface area contributed by atoms with Gasteiger partial charge in [0.05, 0.1) is 6.10 Å². The molecule has 0 spiro atoms. The van der Waals surface area contributed by atoms with Crippen molar-refractivity contribution in [3.63, 3.8) is 0 Å². The van der Waals surface area contributed by atoms with Crippen LogP contribution in [0, 0.1) is 46.3 Å². The van der Waals surface area contributed by atoms with Crippen molar-refractivity contribution in [1.82, 2.24) is 0 Å². The van der Waals surface area contributed by atoms with E-state index in [-0.39, 0.29) is 6.10 Å². The Bertz CT molecular complexity index is 591. The molecule has 1 nitrogen and oxygen atoms in total. The van der Waals surface area contributed by atoms with E-state index in [1.165, 1.54) is 57.8 Å². The van der Waals surface area contributed by atoms with Crippen molar-refractivity contribution < 1.29 is 5.11 Å². The summed E-state index contributed by atoms with van der Waals surface area (Å²) in [7, 11) is 0. The molecule has 3 saturated carbocycles. The van der Waals surface area contributed by atoms with E-state index in [4.69, 9.17) is 0 Å². The maximum absolute atomic E-state index is 10.2. The van der Waals surface area contributed by atoms with Gasteiger partial charge in [0.2, 0.25) is 0 Å². The van der Waals surface area contributed by atoms with Crippen LogP contribution in [-0.2, 0) is 0 Å². The van der Waals surface area contributed by atoms with E-state index in [1.54, 1.807) is 0 Å². The molecular formula is C27H46O. The molecule has 0 radical (unpaired) electrons. The van der Waals surface area contributed by atoms with E-state index in [0.29, 0.717) is 10.8 Å². The highest BCUT2D eigenvalue weighted by molar-refractivity contribution is 5.27. The highest BCUT2D eigenvalue weighted by Crippen LogP contribution is 2.66. The molecule has 0 aromatic heterocycles. The van der Waals surface area contributed by atoms with Crippen molar-refractivity contribution in [2.45, 2.75) is 111 Å². The van der Waals surface area contributed by atoms with E-state index in [1.807, 2.05) is 5.57 Å². The lowest BCUT2D eigenvalue weighted by Crippen LogP contribution is -2.49. The third kappa shape index (κ3) is 3.42. The van der Waals surface area contributed by atoms with E-state index < -0.39 is 0 Å². The van der Waals surface area contributed by atoms with Crippen molar-refractivity contribution in [1.29, 1.82) is 0 Å². The zero-order chi connectivity index (χ0) is 20.1. The maximum atomic E-state index is 10.2. The molecule has 160 valence electrons. The lowest BCUT2D eigenvalue weighted by molar-refractivity contribution is -0.0427. The minimum Gasteiger partial charge on any atom is -0.393 e. The Morgan fingerprint density at radius 3 is 2.43 bits per heavy atom. The molecule has 8 atom stereocenters. The average Bonchev–Trinajstić information content (AvgIpc) is 2.99. The average molecular weight is 387 g/mol. The van der Waals surface area contributed by atoms with E-state index in [2.05, 4.69) is 40.7 Å². The molecule has 3 fully saturated rings. The van der Waals surface area contributed by atoms with Crippen molar-refractivity contribution in [3.8, 4) is 0 Å². The second-order valence-electron chi connectivity index (χ2n) is 12.2. The summed E-state index contributed by atoms with van der Waals surface area (Å²) in [6, 6.07) is 0. The first-order chi connectivity index (χ1) is 13.3. The number of hydrogen-bond acceptors (Lipinski definition) is 1. The Kier molecular flexibility index (Phi) is 5.80. The maximum Gasteiger partial charge on any atom is 0.0543 e. The van der Waals surface area contributed by atoms with Crippen LogP contribution in [0.25, 0.3) is 0 Å². The summed E-state index contributed by atoms with van der Waals surface area (Å²) in [5.74, 6) is 5.07. The molecule has 0 heterocycles. The lowest BCUT2D eigenvalue weighted by Gasteiger charge is -2.57. The molecule has 1 heteroatoms. The molecule has 0 aromatic rings. The summed E-state index contributed by atoms with van der Waals surface area (Å²) in [4.78, 5) is 0. The van der Waals surface area contributed by atoms with Crippen molar-refractivity contribution in [2.75, 3.05) is 0 Å². The standard InChI is InChI=1S/C27H46O/c1-18(2)7-6-8-19(3)23-11-12-24-22-10-9-20-17-21(28)13-15-26(20,4)25(22)14-16-27(23,24)5/h10,18-21,23-25,28H,6-9,11-17H2,1-5H3/t19-,20+,21+,23-,24+,25-,26-,27+/m0/s1. The van der Waals surface area contributed by atoms with Crippen LogP contribution in [0.5, 0.6) is 0 Å². The fraction of sp³-hybridized carbons (Fsp3) is 0.926. The second kappa shape index (κ2) is 7.75. The van der Waals surface area contributed by atoms with Crippen LogP contribution >= 0.6 is 0 Å². The Balaban J connectivity index is 1.50. The Labute approximate surface area is 174 Å². The normalized spacial score (nSPS) is 46.5. The van der Waals surface area contributed by atoms with E-state index in [9.17, 15) is 5.11 Å². The van der Waals surface area contributed by atoms with Gasteiger partial charge in [-0.2, -0.15) is 0 Å². The van der Waals surface area contributed by atoms with Crippen molar-refractivity contribution in [2.24, 2.45) is 46.3 Å². The van der Waals surface area contributed by atoms with Gasteiger partial charge >= 0.3 is 0 Å². The van der Waals surface area contributed by atoms with Gasteiger partial charge in [-0.15, -0.1) is 0 Å². The predicted molar refractivity (Wildman–Crippen MR) is 119 cm³/mol. The molecule has 0 saturated heterocycles. The van der Waals surface area contributed by atoms with Gasteiger partial charge in [-0.3, -0.25) is 0 Å². The molecule has 1 N–H and O–H groups in total. The number of fused-ring (bicyclic) bond motifs is 5. The molecule has 0 amide bonds. The smallest absolute Gasteiger partial charge is 0.0543 e. The summed E-state index contributed by atoms with van der Waals surface area (Å²) in [5.41, 5.74) is 2.89. The van der Waals surface area contributed by atoms with Crippen LogP contribution in [0.1, 0.15) is 105 Å². The van der Waals surface area contributed by atoms with Crippen LogP contribution in [0.3, 0.4) is 0 Å². The highest BCUT2D eigenvalue weighted by Gasteiger charge is 2.58. The third-order valence-electron chi connectivity index (χ3n) is 10.3. The van der Waals surface area contributed by atoms with Gasteiger partial charge in [-0.25, -0.2) is 0 Å². The van der Waals surface area contributed by atoms with Gasteiger partial charge in [-0.05, 0) is 97.7 Å². The second-order valence-corrected chi connectivity index (χ2v) is 12.2. The highest BCUT2D eigenvalue weighted by atomic mass is 16.3. The van der Waals surface area contributed by atoms with E-state index in [0.717, 1.165) is 48.3 Å². The molecule has 28 heavy (non-hydrogen) atoms. The summed E-state index contributed by atoms with van der Waals surface area (Å²) < 4.78 is 0. The van der Waals surface area contributed by atoms with Gasteiger partial charge in [0, 0.05) is 0 Å². The predicted octanol–water partition coefficient (Wildman–Crippen LogP) is 7.39. The zero-order valence-corrected chi connectivity index (χ0v) is 19.3. The van der Waals surface area contributed by atoms with Crippen LogP contribution < -0.4 is 0 Å². The summed E-state index contributed by atoms with van der Waals surface area (Å²) in [6.07, 6.45) is 17.2. The monoisotopic (exact) mass is 386 g/mol. The number of allylic oxidation sites excluding steroid dienone is 2. The lowest BCUT2D eigenvalue weighted by atomic mass is 9.47. The minimum absolute atomic E-state index is 0.0376. The topological polar surface area (TPSA) is 20.2 Å². The first-order valence-corrected chi connectivity index (χ1v) is 12.6. The summed E-state index contributed by atoms with van der Waals surface area (Å²) in [6.45, 7) is 12.6. The van der Waals surface area contributed by atoms with Gasteiger partial charge < -0.3 is 5.11 Å². The first kappa shape index (κ1) is 21.0. The number of rotatable bonds is 5. The minimum atomic E-state index is -0.0376. The fourth-order valence-electron chi connectivity index (χ4n) is 8.51. The Hall–Kier alpha value is -0.300. The molecule has 0 aliphatic heterocycles. The molecule has 4 aliphatic carbocycles. The van der Waals surface area contributed by atoms with Gasteiger partial charge in [0.1, 0.15) is 0 Å². The summed E-state index contributed by atoms with van der Waals surface area (Å²) >= 11 is 0. The van der Waals surface area contributed by atoms with Crippen molar-refractivity contribution in [3.05, 3.63) is 11.6 Å². The molecule has 4 rings (SSSR count). The fourth-order valence-corrected chi connectivity index (χ4v) is 8.51. The number of aliphatic hydroxyl groups is 1. The number of hydrogen-bond donors (Lipinski definition) is 1. The number of aliphatic hydroxyl groups excluding tert-OH is 1. The first-order valence-electron chi connectivity index (χ1n) is 12.6. The van der Waals surface area contributed by atoms with Crippen LogP contribution in [0.15, 0.2) is 11.6 Å². The third-order valence-corrected chi connectivity index (χ3v) is 10.3. The quantitative estimate of drug-likeness (QED) is 0.488. The van der Waals surface area contributed by atoms with Crippen molar-refractivity contribution >= 4 is 0 Å². The van der Waals surface area contributed by atoms with E-state index >= 15 is 0 Å². The Morgan fingerprint density at radius 1 is 0.964 bits per heavy atom. The molecule has 0 aromatic carbocycles. The molecule has 0 unspecified atom stereocenters. The Morgan fingerprint density at radius 2 is 1.68 bits per heavy atom. The zero-order valence-electron chi connectivity index (χ0n) is 19.3.